The van der Waals surface area contributed by atoms with Gasteiger partial charge in [-0.05, 0) is 24.1 Å². The number of fused-ring (bicyclic) bond motifs is 2. The number of hydrogen-bond acceptors (Lipinski definition) is 2. The molecule has 0 atom stereocenters. The highest BCUT2D eigenvalue weighted by Crippen LogP contribution is 2.30. The van der Waals surface area contributed by atoms with Gasteiger partial charge in [-0.15, -0.1) is 11.3 Å². The molecule has 0 saturated heterocycles. The Morgan fingerprint density at radius 2 is 1.81 bits per heavy atom. The number of aryl methyl sites for hydroxylation is 1. The average Bonchev–Trinajstić information content (AvgIpc) is 2.57. The lowest BCUT2D eigenvalue weighted by molar-refractivity contribution is 0.0993. The minimum Gasteiger partial charge on any atom is -0.294 e. The fraction of sp³-hybridized carbons (Fsp3) is 0.214. The van der Waals surface area contributed by atoms with Crippen LogP contribution < -0.4 is 0 Å². The Kier molecular flexibility index (Phi) is 2.18. The third-order valence-corrected chi connectivity index (χ3v) is 4.10. The van der Waals surface area contributed by atoms with Crippen molar-refractivity contribution >= 4 is 17.1 Å². The van der Waals surface area contributed by atoms with E-state index in [1.165, 1.54) is 20.9 Å². The summed E-state index contributed by atoms with van der Waals surface area (Å²) >= 11 is 1.75. The predicted octanol–water partition coefficient (Wildman–Crippen LogP) is 3.39. The zero-order valence-corrected chi connectivity index (χ0v) is 9.93. The highest BCUT2D eigenvalue weighted by Gasteiger charge is 2.21. The van der Waals surface area contributed by atoms with Crippen LogP contribution in [-0.2, 0) is 12.8 Å². The second kappa shape index (κ2) is 3.56. The Labute approximate surface area is 98.7 Å². The molecule has 0 fully saturated rings. The van der Waals surface area contributed by atoms with Crippen LogP contribution >= 0.6 is 11.3 Å². The smallest absolute Gasteiger partial charge is 0.168 e. The maximum Gasteiger partial charge on any atom is 0.168 e. The van der Waals surface area contributed by atoms with E-state index >= 15 is 0 Å². The lowest BCUT2D eigenvalue weighted by Gasteiger charge is -2.02. The lowest BCUT2D eigenvalue weighted by Crippen LogP contribution is -2.01. The van der Waals surface area contributed by atoms with Crippen LogP contribution in [0.25, 0.3) is 0 Å². The molecule has 0 amide bonds. The SMILES string of the molecule is Cc1cc2c(s1)Cc1ccccc1CC2=O. The number of thiophene rings is 1. The second-order valence-electron chi connectivity index (χ2n) is 4.24. The first-order valence-electron chi connectivity index (χ1n) is 5.43. The Balaban J connectivity index is 2.17. The van der Waals surface area contributed by atoms with Gasteiger partial charge < -0.3 is 0 Å². The first-order chi connectivity index (χ1) is 7.74. The van der Waals surface area contributed by atoms with E-state index in [4.69, 9.17) is 0 Å². The summed E-state index contributed by atoms with van der Waals surface area (Å²) in [6, 6.07) is 10.3. The van der Waals surface area contributed by atoms with Crippen LogP contribution in [-0.4, -0.2) is 5.78 Å². The van der Waals surface area contributed by atoms with Crippen molar-refractivity contribution in [3.8, 4) is 0 Å². The molecule has 3 rings (SSSR count). The van der Waals surface area contributed by atoms with E-state index in [2.05, 4.69) is 25.1 Å². The summed E-state index contributed by atoms with van der Waals surface area (Å²) in [5, 5.41) is 0. The Morgan fingerprint density at radius 3 is 2.56 bits per heavy atom. The number of rotatable bonds is 0. The molecule has 1 aliphatic rings. The van der Waals surface area contributed by atoms with Gasteiger partial charge in [0.1, 0.15) is 0 Å². The zero-order chi connectivity index (χ0) is 11.1. The van der Waals surface area contributed by atoms with Crippen molar-refractivity contribution in [2.45, 2.75) is 19.8 Å². The van der Waals surface area contributed by atoms with E-state index in [0.29, 0.717) is 6.42 Å². The molecule has 0 saturated carbocycles. The van der Waals surface area contributed by atoms with E-state index in [-0.39, 0.29) is 5.78 Å². The molecule has 0 radical (unpaired) electrons. The Bertz CT molecular complexity index is 566. The minimum absolute atomic E-state index is 0.268. The van der Waals surface area contributed by atoms with Crippen LogP contribution in [0.5, 0.6) is 0 Å². The van der Waals surface area contributed by atoms with Crippen LogP contribution in [0.3, 0.4) is 0 Å². The van der Waals surface area contributed by atoms with Gasteiger partial charge in [-0.3, -0.25) is 4.79 Å². The fourth-order valence-corrected chi connectivity index (χ4v) is 3.35. The molecule has 80 valence electrons. The topological polar surface area (TPSA) is 17.1 Å². The summed E-state index contributed by atoms with van der Waals surface area (Å²) in [4.78, 5) is 14.6. The zero-order valence-electron chi connectivity index (χ0n) is 9.12. The summed E-state index contributed by atoms with van der Waals surface area (Å²) in [5.41, 5.74) is 3.43. The van der Waals surface area contributed by atoms with Crippen molar-refractivity contribution in [2.75, 3.05) is 0 Å². The van der Waals surface area contributed by atoms with Crippen LogP contribution in [0.4, 0.5) is 0 Å². The number of ketones is 1. The largest absolute Gasteiger partial charge is 0.294 e. The van der Waals surface area contributed by atoms with Gasteiger partial charge in [-0.25, -0.2) is 0 Å². The third-order valence-electron chi connectivity index (χ3n) is 3.05. The molecule has 1 nitrogen and oxygen atoms in total. The molecule has 2 aromatic rings. The van der Waals surface area contributed by atoms with Crippen molar-refractivity contribution in [1.82, 2.24) is 0 Å². The van der Waals surface area contributed by atoms with E-state index in [1.807, 2.05) is 12.1 Å². The van der Waals surface area contributed by atoms with Gasteiger partial charge in [0, 0.05) is 28.2 Å². The second-order valence-corrected chi connectivity index (χ2v) is 5.58. The summed E-state index contributed by atoms with van der Waals surface area (Å²) in [6.07, 6.45) is 1.47. The molecule has 16 heavy (non-hydrogen) atoms. The minimum atomic E-state index is 0.268. The van der Waals surface area contributed by atoms with Gasteiger partial charge in [-0.2, -0.15) is 0 Å². The molecular formula is C14H12OS. The van der Waals surface area contributed by atoms with Crippen LogP contribution in [0.1, 0.15) is 31.2 Å². The molecule has 0 aliphatic heterocycles. The van der Waals surface area contributed by atoms with Gasteiger partial charge in [0.2, 0.25) is 0 Å². The molecule has 1 aromatic heterocycles. The van der Waals surface area contributed by atoms with Gasteiger partial charge in [0.15, 0.2) is 5.78 Å². The van der Waals surface area contributed by atoms with E-state index in [1.54, 1.807) is 11.3 Å². The van der Waals surface area contributed by atoms with Crippen LogP contribution in [0, 0.1) is 6.92 Å². The number of hydrogen-bond donors (Lipinski definition) is 0. The monoisotopic (exact) mass is 228 g/mol. The number of Topliss-reactive ketones (excluding diaryl/α,β-unsaturated/α-hetero) is 1. The normalized spacial score (nSPS) is 14.2. The first-order valence-corrected chi connectivity index (χ1v) is 6.25. The Hall–Kier alpha value is -1.41. The number of carbonyl (C=O) groups is 1. The molecule has 0 bridgehead atoms. The van der Waals surface area contributed by atoms with Crippen molar-refractivity contribution in [3.05, 3.63) is 56.8 Å². The molecule has 0 unspecified atom stereocenters. The van der Waals surface area contributed by atoms with Crippen molar-refractivity contribution in [2.24, 2.45) is 0 Å². The molecular weight excluding hydrogens is 216 g/mol. The summed E-state index contributed by atoms with van der Waals surface area (Å²) in [7, 11) is 0. The molecule has 2 heteroatoms. The molecule has 1 aromatic carbocycles. The quantitative estimate of drug-likeness (QED) is 0.675. The summed E-state index contributed by atoms with van der Waals surface area (Å²) < 4.78 is 0. The summed E-state index contributed by atoms with van der Waals surface area (Å²) in [5.74, 6) is 0.268. The molecule has 1 aliphatic carbocycles. The standard InChI is InChI=1S/C14H12OS/c1-9-6-12-13(15)7-10-4-2-3-5-11(10)8-14(12)16-9/h2-6H,7-8H2,1H3. The molecule has 1 heterocycles. The molecule has 0 spiro atoms. The van der Waals surface area contributed by atoms with E-state index < -0.39 is 0 Å². The van der Waals surface area contributed by atoms with E-state index in [9.17, 15) is 4.79 Å². The molecule has 0 N–H and O–H groups in total. The maximum atomic E-state index is 12.1. The first kappa shape index (κ1) is 9.79. The van der Waals surface area contributed by atoms with Gasteiger partial charge >= 0.3 is 0 Å². The van der Waals surface area contributed by atoms with Crippen molar-refractivity contribution in [1.29, 1.82) is 0 Å². The Morgan fingerprint density at radius 1 is 1.12 bits per heavy atom. The van der Waals surface area contributed by atoms with Crippen molar-refractivity contribution < 1.29 is 4.79 Å². The number of carbonyl (C=O) groups excluding carboxylic acids is 1. The third kappa shape index (κ3) is 1.50. The highest BCUT2D eigenvalue weighted by atomic mass is 32.1. The van der Waals surface area contributed by atoms with Gasteiger partial charge in [0.25, 0.3) is 0 Å². The van der Waals surface area contributed by atoms with Gasteiger partial charge in [-0.1, -0.05) is 24.3 Å². The van der Waals surface area contributed by atoms with Crippen LogP contribution in [0.15, 0.2) is 30.3 Å². The van der Waals surface area contributed by atoms with Crippen LogP contribution in [0.2, 0.25) is 0 Å². The summed E-state index contributed by atoms with van der Waals surface area (Å²) in [6.45, 7) is 2.07. The fourth-order valence-electron chi connectivity index (χ4n) is 2.27. The van der Waals surface area contributed by atoms with E-state index in [0.717, 1.165) is 12.0 Å². The average molecular weight is 228 g/mol. The lowest BCUT2D eigenvalue weighted by atomic mass is 10.0. The predicted molar refractivity (Wildman–Crippen MR) is 66.3 cm³/mol. The van der Waals surface area contributed by atoms with Gasteiger partial charge in [0.05, 0.1) is 0 Å². The maximum absolute atomic E-state index is 12.1. The van der Waals surface area contributed by atoms with Crippen molar-refractivity contribution in [3.63, 3.8) is 0 Å². The highest BCUT2D eigenvalue weighted by molar-refractivity contribution is 7.12. The number of benzene rings is 1.